The predicted octanol–water partition coefficient (Wildman–Crippen LogP) is 3.59. The molecule has 0 spiro atoms. The monoisotopic (exact) mass is 293 g/mol. The highest BCUT2D eigenvalue weighted by Crippen LogP contribution is 2.25. The summed E-state index contributed by atoms with van der Waals surface area (Å²) in [6.07, 6.45) is 0. The SMILES string of the molecule is Cc1c(-c2ccccc2)[n+](=O)c(-c2ccccc2)c(C)n1O. The van der Waals surface area contributed by atoms with Crippen LogP contribution in [0.4, 0.5) is 0 Å². The van der Waals surface area contributed by atoms with E-state index in [4.69, 9.17) is 0 Å². The topological polar surface area (TPSA) is 48.1 Å². The molecule has 0 bridgehead atoms. The first-order valence-electron chi connectivity index (χ1n) is 7.10. The van der Waals surface area contributed by atoms with E-state index < -0.39 is 0 Å². The fourth-order valence-corrected chi connectivity index (χ4v) is 2.70. The van der Waals surface area contributed by atoms with Crippen molar-refractivity contribution < 1.29 is 9.63 Å². The Morgan fingerprint density at radius 2 is 1.14 bits per heavy atom. The van der Waals surface area contributed by atoms with Gasteiger partial charge in [0.25, 0.3) is 11.4 Å². The fraction of sp³-hybridized carbons (Fsp3) is 0.111. The minimum atomic E-state index is 0.451. The van der Waals surface area contributed by atoms with Crippen molar-refractivity contribution in [2.24, 2.45) is 0 Å². The lowest BCUT2D eigenvalue weighted by molar-refractivity contribution is -0.472. The van der Waals surface area contributed by atoms with Gasteiger partial charge in [0.15, 0.2) is 0 Å². The molecule has 0 fully saturated rings. The molecule has 0 unspecified atom stereocenters. The van der Waals surface area contributed by atoms with E-state index in [1.54, 1.807) is 13.8 Å². The molecule has 110 valence electrons. The number of rotatable bonds is 2. The van der Waals surface area contributed by atoms with E-state index in [2.05, 4.69) is 0 Å². The minimum absolute atomic E-state index is 0.451. The van der Waals surface area contributed by atoms with Gasteiger partial charge in [-0.25, -0.2) is 0 Å². The summed E-state index contributed by atoms with van der Waals surface area (Å²) >= 11 is 0. The lowest BCUT2D eigenvalue weighted by Gasteiger charge is -2.09. The Hall–Kier alpha value is -2.88. The van der Waals surface area contributed by atoms with Crippen LogP contribution in [-0.2, 0) is 0 Å². The van der Waals surface area contributed by atoms with E-state index in [0.29, 0.717) is 22.8 Å². The number of benzene rings is 2. The van der Waals surface area contributed by atoms with Gasteiger partial charge in [-0.1, -0.05) is 36.4 Å². The molecular weight excluding hydrogens is 276 g/mol. The summed E-state index contributed by atoms with van der Waals surface area (Å²) in [7, 11) is 0. The molecule has 22 heavy (non-hydrogen) atoms. The number of hydrogen-bond donors (Lipinski definition) is 1. The van der Waals surface area contributed by atoms with Crippen LogP contribution in [0, 0.1) is 18.8 Å². The van der Waals surface area contributed by atoms with Crippen molar-refractivity contribution in [3.05, 3.63) is 77.0 Å². The van der Waals surface area contributed by atoms with Crippen LogP contribution < -0.4 is 4.43 Å². The van der Waals surface area contributed by atoms with Gasteiger partial charge in [-0.2, -0.15) is 4.73 Å². The van der Waals surface area contributed by atoms with Gasteiger partial charge in [-0.15, -0.1) is 0 Å². The molecule has 1 aromatic heterocycles. The maximum atomic E-state index is 13.0. The van der Waals surface area contributed by atoms with Gasteiger partial charge in [0.05, 0.1) is 15.6 Å². The molecule has 0 saturated carbocycles. The van der Waals surface area contributed by atoms with Gasteiger partial charge in [-0.3, -0.25) is 0 Å². The third-order valence-electron chi connectivity index (χ3n) is 3.82. The van der Waals surface area contributed by atoms with E-state index in [0.717, 1.165) is 20.3 Å². The summed E-state index contributed by atoms with van der Waals surface area (Å²) in [5.41, 5.74) is 3.47. The summed E-state index contributed by atoms with van der Waals surface area (Å²) in [5.74, 6) is 0. The van der Waals surface area contributed by atoms with Gasteiger partial charge in [0.1, 0.15) is 11.4 Å². The van der Waals surface area contributed by atoms with Crippen LogP contribution in [0.25, 0.3) is 22.5 Å². The molecular formula is C18H17N2O2+. The van der Waals surface area contributed by atoms with Gasteiger partial charge >= 0.3 is 0 Å². The van der Waals surface area contributed by atoms with Crippen LogP contribution in [0.1, 0.15) is 11.4 Å². The summed E-state index contributed by atoms with van der Waals surface area (Å²) in [5, 5.41) is 10.4. The van der Waals surface area contributed by atoms with Gasteiger partial charge in [0, 0.05) is 4.91 Å². The average Bonchev–Trinajstić information content (AvgIpc) is 2.55. The second-order valence-corrected chi connectivity index (χ2v) is 5.21. The third-order valence-corrected chi connectivity index (χ3v) is 3.82. The molecule has 0 amide bonds. The van der Waals surface area contributed by atoms with Crippen molar-refractivity contribution in [2.45, 2.75) is 13.8 Å². The Balaban J connectivity index is 2.39. The fourth-order valence-electron chi connectivity index (χ4n) is 2.70. The van der Waals surface area contributed by atoms with Gasteiger partial charge < -0.3 is 5.21 Å². The summed E-state index contributed by atoms with van der Waals surface area (Å²) in [6, 6.07) is 18.7. The molecule has 2 aromatic carbocycles. The van der Waals surface area contributed by atoms with Crippen LogP contribution in [-0.4, -0.2) is 9.94 Å². The molecule has 0 aliphatic carbocycles. The predicted molar refractivity (Wildman–Crippen MR) is 85.3 cm³/mol. The highest BCUT2D eigenvalue weighted by Gasteiger charge is 2.28. The van der Waals surface area contributed by atoms with Crippen molar-refractivity contribution in [3.8, 4) is 22.5 Å². The molecule has 3 aromatic rings. The number of nitrogens with zero attached hydrogens (tertiary/aromatic N) is 2. The maximum Gasteiger partial charge on any atom is 0.293 e. The molecule has 0 radical (unpaired) electrons. The largest absolute Gasteiger partial charge is 0.428 e. The molecule has 0 saturated heterocycles. The van der Waals surface area contributed by atoms with Crippen molar-refractivity contribution >= 4 is 0 Å². The van der Waals surface area contributed by atoms with Crippen LogP contribution >= 0.6 is 0 Å². The van der Waals surface area contributed by atoms with Crippen LogP contribution in [0.2, 0.25) is 0 Å². The molecule has 4 heteroatoms. The summed E-state index contributed by atoms with van der Waals surface area (Å²) in [4.78, 5) is 13.0. The zero-order valence-electron chi connectivity index (χ0n) is 12.5. The van der Waals surface area contributed by atoms with Crippen molar-refractivity contribution in [2.75, 3.05) is 0 Å². The van der Waals surface area contributed by atoms with Crippen LogP contribution in [0.3, 0.4) is 0 Å². The van der Waals surface area contributed by atoms with E-state index in [9.17, 15) is 10.1 Å². The van der Waals surface area contributed by atoms with E-state index in [1.165, 1.54) is 0 Å². The van der Waals surface area contributed by atoms with Gasteiger partial charge in [0.2, 0.25) is 0 Å². The van der Waals surface area contributed by atoms with Crippen molar-refractivity contribution in [1.29, 1.82) is 0 Å². The molecule has 4 nitrogen and oxygen atoms in total. The van der Waals surface area contributed by atoms with Crippen molar-refractivity contribution in [3.63, 3.8) is 0 Å². The van der Waals surface area contributed by atoms with Crippen LogP contribution in [0.15, 0.2) is 60.7 Å². The van der Waals surface area contributed by atoms with Crippen molar-refractivity contribution in [1.82, 2.24) is 4.73 Å². The first-order valence-corrected chi connectivity index (χ1v) is 7.10. The Labute approximate surface area is 128 Å². The highest BCUT2D eigenvalue weighted by atomic mass is 16.5. The summed E-state index contributed by atoms with van der Waals surface area (Å²) in [6.45, 7) is 3.47. The van der Waals surface area contributed by atoms with E-state index in [-0.39, 0.29) is 0 Å². The normalized spacial score (nSPS) is 10.6. The van der Waals surface area contributed by atoms with Gasteiger partial charge in [-0.05, 0) is 38.1 Å². The quantitative estimate of drug-likeness (QED) is 0.580. The zero-order chi connectivity index (χ0) is 15.7. The molecule has 0 aliphatic heterocycles. The third kappa shape index (κ3) is 2.19. The minimum Gasteiger partial charge on any atom is -0.428 e. The van der Waals surface area contributed by atoms with E-state index >= 15 is 0 Å². The Bertz CT molecular complexity index is 799. The lowest BCUT2D eigenvalue weighted by atomic mass is 10.1. The Morgan fingerprint density at radius 3 is 1.50 bits per heavy atom. The first-order chi connectivity index (χ1) is 10.6. The van der Waals surface area contributed by atoms with Crippen LogP contribution in [0.5, 0.6) is 0 Å². The molecule has 0 atom stereocenters. The summed E-state index contributed by atoms with van der Waals surface area (Å²) < 4.78 is 1.99. The second-order valence-electron chi connectivity index (χ2n) is 5.21. The highest BCUT2D eigenvalue weighted by molar-refractivity contribution is 5.63. The zero-order valence-corrected chi connectivity index (χ0v) is 12.5. The smallest absolute Gasteiger partial charge is 0.293 e. The molecule has 1 heterocycles. The molecule has 0 aliphatic rings. The number of aromatic nitrogens is 2. The Morgan fingerprint density at radius 1 is 0.773 bits per heavy atom. The number of hydrogen-bond acceptors (Lipinski definition) is 2. The first kappa shape index (κ1) is 14.1. The Kier molecular flexibility index (Phi) is 3.51. The maximum absolute atomic E-state index is 13.0. The average molecular weight is 293 g/mol. The molecule has 3 rings (SSSR count). The standard InChI is InChI=1S/C18H17N2O2/c1-13-17(15-9-5-3-6-10-15)20(22)18(14(2)19(13)21)16-11-7-4-8-12-16/h3-12,21H,1-2H3/q+1. The lowest BCUT2D eigenvalue weighted by Crippen LogP contribution is -2.28. The second kappa shape index (κ2) is 5.48. The van der Waals surface area contributed by atoms with E-state index in [1.807, 2.05) is 60.7 Å². The molecule has 1 N–H and O–H groups in total.